The summed E-state index contributed by atoms with van der Waals surface area (Å²) in [5.74, 6) is 0.106. The molecule has 1 aromatic carbocycles. The lowest BCUT2D eigenvalue weighted by Gasteiger charge is -2.15. The highest BCUT2D eigenvalue weighted by molar-refractivity contribution is 5.92. The van der Waals surface area contributed by atoms with Crippen LogP contribution < -0.4 is 10.6 Å². The Morgan fingerprint density at radius 2 is 2.25 bits per heavy atom. The van der Waals surface area contributed by atoms with Gasteiger partial charge >= 0.3 is 0 Å². The molecule has 20 heavy (non-hydrogen) atoms. The van der Waals surface area contributed by atoms with Crippen molar-refractivity contribution in [3.05, 3.63) is 29.3 Å². The van der Waals surface area contributed by atoms with E-state index in [1.165, 1.54) is 12.0 Å². The summed E-state index contributed by atoms with van der Waals surface area (Å²) in [5, 5.41) is 6.41. The second-order valence-electron chi connectivity index (χ2n) is 5.93. The second-order valence-corrected chi connectivity index (χ2v) is 5.93. The summed E-state index contributed by atoms with van der Waals surface area (Å²) < 4.78 is 0. The normalized spacial score (nSPS) is 18.5. The summed E-state index contributed by atoms with van der Waals surface area (Å²) in [5.41, 5.74) is 3.27. The number of nitrogens with one attached hydrogen (secondary N) is 2. The highest BCUT2D eigenvalue weighted by Crippen LogP contribution is 2.19. The van der Waals surface area contributed by atoms with Gasteiger partial charge in [0.25, 0.3) is 0 Å². The van der Waals surface area contributed by atoms with E-state index in [2.05, 4.69) is 33.7 Å². The molecule has 4 heteroatoms. The molecule has 4 nitrogen and oxygen atoms in total. The van der Waals surface area contributed by atoms with Crippen LogP contribution in [0.25, 0.3) is 0 Å². The summed E-state index contributed by atoms with van der Waals surface area (Å²) in [6.07, 6.45) is 2.85. The van der Waals surface area contributed by atoms with Crippen LogP contribution in [-0.4, -0.2) is 37.5 Å². The maximum Gasteiger partial charge on any atom is 0.225 e. The van der Waals surface area contributed by atoms with Crippen LogP contribution in [0, 0.1) is 6.92 Å². The van der Waals surface area contributed by atoms with E-state index >= 15 is 0 Å². The quantitative estimate of drug-likeness (QED) is 0.865. The van der Waals surface area contributed by atoms with Crippen molar-refractivity contribution in [1.82, 2.24) is 10.2 Å². The van der Waals surface area contributed by atoms with E-state index in [9.17, 15) is 4.79 Å². The molecule has 0 spiro atoms. The lowest BCUT2D eigenvalue weighted by Crippen LogP contribution is -2.27. The molecule has 0 bridgehead atoms. The Hall–Kier alpha value is -1.39. The maximum atomic E-state index is 12.1. The first-order chi connectivity index (χ1) is 9.54. The fourth-order valence-electron chi connectivity index (χ4n) is 2.62. The minimum atomic E-state index is 0.106. The van der Waals surface area contributed by atoms with Crippen molar-refractivity contribution in [2.75, 3.05) is 26.0 Å². The minimum Gasteiger partial charge on any atom is -0.326 e. The largest absolute Gasteiger partial charge is 0.326 e. The summed E-state index contributed by atoms with van der Waals surface area (Å²) in [6, 6.07) is 6.61. The zero-order valence-electron chi connectivity index (χ0n) is 12.7. The molecule has 1 atom stereocenters. The Balaban J connectivity index is 1.98. The monoisotopic (exact) mass is 275 g/mol. The van der Waals surface area contributed by atoms with Crippen LogP contribution in [0.15, 0.2) is 18.2 Å². The van der Waals surface area contributed by atoms with Gasteiger partial charge in [-0.25, -0.2) is 0 Å². The van der Waals surface area contributed by atoms with Crippen molar-refractivity contribution in [3.63, 3.8) is 0 Å². The van der Waals surface area contributed by atoms with Crippen molar-refractivity contribution in [3.8, 4) is 0 Å². The third kappa shape index (κ3) is 4.32. The predicted molar refractivity (Wildman–Crippen MR) is 82.8 cm³/mol. The predicted octanol–water partition coefficient (Wildman–Crippen LogP) is 2.14. The Morgan fingerprint density at radius 3 is 2.90 bits per heavy atom. The lowest BCUT2D eigenvalue weighted by atomic mass is 10.1. The van der Waals surface area contributed by atoms with Crippen LogP contribution in [0.1, 0.15) is 30.4 Å². The smallest absolute Gasteiger partial charge is 0.225 e. The van der Waals surface area contributed by atoms with E-state index in [0.717, 1.165) is 30.8 Å². The molecule has 1 heterocycles. The van der Waals surface area contributed by atoms with E-state index in [1.807, 2.05) is 21.0 Å². The number of amides is 1. The molecule has 0 aliphatic carbocycles. The number of nitrogens with zero attached hydrogens (tertiary/aromatic N) is 1. The van der Waals surface area contributed by atoms with Crippen LogP contribution in [0.4, 0.5) is 5.69 Å². The van der Waals surface area contributed by atoms with Crippen LogP contribution >= 0.6 is 0 Å². The summed E-state index contributed by atoms with van der Waals surface area (Å²) >= 11 is 0. The van der Waals surface area contributed by atoms with Gasteiger partial charge < -0.3 is 15.5 Å². The maximum absolute atomic E-state index is 12.1. The van der Waals surface area contributed by atoms with Crippen LogP contribution in [0.2, 0.25) is 0 Å². The molecule has 0 saturated carbocycles. The number of hydrogen-bond acceptors (Lipinski definition) is 3. The average Bonchev–Trinajstić information content (AvgIpc) is 2.85. The SMILES string of the molecule is Cc1ccc(CN(C)C)cc1NC(=O)CC1CCCN1. The van der Waals surface area contributed by atoms with Crippen molar-refractivity contribution in [2.45, 2.75) is 38.8 Å². The van der Waals surface area contributed by atoms with E-state index in [0.29, 0.717) is 12.5 Å². The number of hydrogen-bond donors (Lipinski definition) is 2. The Morgan fingerprint density at radius 1 is 1.45 bits per heavy atom. The van der Waals surface area contributed by atoms with Gasteiger partial charge in [-0.3, -0.25) is 4.79 Å². The number of rotatable bonds is 5. The van der Waals surface area contributed by atoms with E-state index < -0.39 is 0 Å². The molecule has 1 amide bonds. The molecule has 110 valence electrons. The second kappa shape index (κ2) is 6.86. The topological polar surface area (TPSA) is 44.4 Å². The molecule has 1 aliphatic heterocycles. The third-order valence-corrected chi connectivity index (χ3v) is 3.67. The molecule has 1 fully saturated rings. The number of benzene rings is 1. The van der Waals surface area contributed by atoms with Gasteiger partial charge in [-0.05, 0) is 57.6 Å². The molecular weight excluding hydrogens is 250 g/mol. The highest BCUT2D eigenvalue weighted by atomic mass is 16.1. The molecule has 1 saturated heterocycles. The minimum absolute atomic E-state index is 0.106. The Labute approximate surface area is 121 Å². The zero-order valence-corrected chi connectivity index (χ0v) is 12.7. The lowest BCUT2D eigenvalue weighted by molar-refractivity contribution is -0.116. The summed E-state index contributed by atoms with van der Waals surface area (Å²) in [6.45, 7) is 3.95. The van der Waals surface area contributed by atoms with Crippen LogP contribution in [0.5, 0.6) is 0 Å². The molecule has 1 aromatic rings. The van der Waals surface area contributed by atoms with Crippen molar-refractivity contribution < 1.29 is 4.79 Å². The molecule has 1 aliphatic rings. The van der Waals surface area contributed by atoms with Crippen molar-refractivity contribution in [1.29, 1.82) is 0 Å². The number of carbonyl (C=O) groups is 1. The van der Waals surface area contributed by atoms with Gasteiger partial charge in [-0.2, -0.15) is 0 Å². The highest BCUT2D eigenvalue weighted by Gasteiger charge is 2.18. The first-order valence-electron chi connectivity index (χ1n) is 7.32. The van der Waals surface area contributed by atoms with Gasteiger partial charge in [0.1, 0.15) is 0 Å². The first-order valence-corrected chi connectivity index (χ1v) is 7.32. The van der Waals surface area contributed by atoms with E-state index in [-0.39, 0.29) is 5.91 Å². The molecule has 2 rings (SSSR count). The summed E-state index contributed by atoms with van der Waals surface area (Å²) in [7, 11) is 4.09. The molecule has 2 N–H and O–H groups in total. The fraction of sp³-hybridized carbons (Fsp3) is 0.562. The first kappa shape index (κ1) is 15.0. The van der Waals surface area contributed by atoms with E-state index in [1.54, 1.807) is 0 Å². The van der Waals surface area contributed by atoms with Crippen molar-refractivity contribution in [2.24, 2.45) is 0 Å². The number of anilines is 1. The number of aryl methyl sites for hydroxylation is 1. The molecular formula is C16H25N3O. The number of carbonyl (C=O) groups excluding carboxylic acids is 1. The Kier molecular flexibility index (Phi) is 5.15. The van der Waals surface area contributed by atoms with Gasteiger partial charge in [0.05, 0.1) is 0 Å². The summed E-state index contributed by atoms with van der Waals surface area (Å²) in [4.78, 5) is 14.2. The van der Waals surface area contributed by atoms with Gasteiger partial charge in [-0.15, -0.1) is 0 Å². The van der Waals surface area contributed by atoms with Crippen molar-refractivity contribution >= 4 is 11.6 Å². The van der Waals surface area contributed by atoms with Crippen LogP contribution in [-0.2, 0) is 11.3 Å². The Bertz CT molecular complexity index is 465. The average molecular weight is 275 g/mol. The third-order valence-electron chi connectivity index (χ3n) is 3.67. The van der Waals surface area contributed by atoms with Gasteiger partial charge in [-0.1, -0.05) is 12.1 Å². The van der Waals surface area contributed by atoms with Gasteiger partial charge in [0.15, 0.2) is 0 Å². The molecule has 0 radical (unpaired) electrons. The van der Waals surface area contributed by atoms with Crippen LogP contribution in [0.3, 0.4) is 0 Å². The molecule has 1 unspecified atom stereocenters. The van der Waals surface area contributed by atoms with E-state index in [4.69, 9.17) is 0 Å². The molecule has 0 aromatic heterocycles. The zero-order chi connectivity index (χ0) is 14.5. The van der Waals surface area contributed by atoms with Gasteiger partial charge in [0.2, 0.25) is 5.91 Å². The van der Waals surface area contributed by atoms with Gasteiger partial charge in [0, 0.05) is 24.7 Å². The standard InChI is InChI=1S/C16H25N3O/c1-12-6-7-13(11-19(2)3)9-15(12)18-16(20)10-14-5-4-8-17-14/h6-7,9,14,17H,4-5,8,10-11H2,1-3H3,(H,18,20). The fourth-order valence-corrected chi connectivity index (χ4v) is 2.62.